The van der Waals surface area contributed by atoms with Crippen molar-refractivity contribution in [2.45, 2.75) is 13.0 Å². The van der Waals surface area contributed by atoms with Crippen molar-refractivity contribution in [3.05, 3.63) is 53.3 Å². The van der Waals surface area contributed by atoms with Gasteiger partial charge in [-0.3, -0.25) is 9.59 Å². The summed E-state index contributed by atoms with van der Waals surface area (Å²) in [6.45, 7) is 3.99. The van der Waals surface area contributed by atoms with Gasteiger partial charge in [0.2, 0.25) is 45.9 Å². The molecular formula is C33H29BrN10O11S. The first-order chi connectivity index (χ1) is 27.3. The van der Waals surface area contributed by atoms with Crippen molar-refractivity contribution >= 4 is 39.5 Å². The number of nitrogens with one attached hydrogen (secondary N) is 2. The number of carbonyl (C=O) groups is 2. The van der Waals surface area contributed by atoms with E-state index in [9.17, 15) is 9.59 Å². The first kappa shape index (κ1) is 37.1. The summed E-state index contributed by atoms with van der Waals surface area (Å²) < 4.78 is 51.0. The summed E-state index contributed by atoms with van der Waals surface area (Å²) in [7, 11) is 0. The maximum absolute atomic E-state index is 13.6. The number of amides is 2. The smallest absolute Gasteiger partial charge is 0.273 e. The molecule has 7 aromatic heterocycles. The molecule has 1 aliphatic rings. The van der Waals surface area contributed by atoms with Crippen LogP contribution in [0.4, 0.5) is 0 Å². The fourth-order valence-electron chi connectivity index (χ4n) is 5.13. The van der Waals surface area contributed by atoms with Gasteiger partial charge in [0.15, 0.2) is 39.9 Å². The highest BCUT2D eigenvalue weighted by molar-refractivity contribution is 9.10. The van der Waals surface area contributed by atoms with Gasteiger partial charge in [-0.15, -0.1) is 11.8 Å². The van der Waals surface area contributed by atoms with Crippen LogP contribution >= 0.6 is 27.7 Å². The van der Waals surface area contributed by atoms with Gasteiger partial charge in [-0.05, 0) is 22.9 Å². The highest BCUT2D eigenvalue weighted by atomic mass is 79.9. The van der Waals surface area contributed by atoms with Crippen LogP contribution in [0.15, 0.2) is 66.9 Å². The number of nitrogens with zero attached hydrogens (tertiary/aromatic N) is 7. The summed E-state index contributed by atoms with van der Waals surface area (Å²) in [5.74, 6) is 0.347. The molecule has 14 bridgehead atoms. The summed E-state index contributed by atoms with van der Waals surface area (Å²) in [4.78, 5) is 57.4. The highest BCUT2D eigenvalue weighted by Gasteiger charge is 2.29. The van der Waals surface area contributed by atoms with E-state index in [1.165, 1.54) is 43.1 Å². The topological polar surface area (TPSA) is 285 Å². The average Bonchev–Trinajstić information content (AvgIpc) is 4.02. The number of hydrogen-bond donors (Lipinski definition) is 3. The second-order valence-electron chi connectivity index (χ2n) is 11.7. The molecule has 8 rings (SSSR count). The van der Waals surface area contributed by atoms with E-state index in [1.807, 2.05) is 0 Å². The predicted octanol–water partition coefficient (Wildman–Crippen LogP) is 4.30. The molecule has 1 atom stereocenters. The Labute approximate surface area is 326 Å². The van der Waals surface area contributed by atoms with Crippen molar-refractivity contribution in [1.82, 2.24) is 45.5 Å². The average molecular weight is 854 g/mol. The Balaban J connectivity index is 1.05. The number of halogens is 1. The number of nitrogens with two attached hydrogens (primary N) is 1. The van der Waals surface area contributed by atoms with E-state index >= 15 is 0 Å². The van der Waals surface area contributed by atoms with Gasteiger partial charge >= 0.3 is 0 Å². The van der Waals surface area contributed by atoms with Crippen molar-refractivity contribution in [3.8, 4) is 69.5 Å². The Bertz CT molecular complexity index is 2460. The Kier molecular flexibility index (Phi) is 10.9. The molecule has 4 N–H and O–H groups in total. The number of thioether (sulfide) groups is 1. The van der Waals surface area contributed by atoms with E-state index in [0.29, 0.717) is 45.3 Å². The van der Waals surface area contributed by atoms with E-state index in [1.54, 1.807) is 6.92 Å². The van der Waals surface area contributed by atoms with Gasteiger partial charge in [0.05, 0.1) is 32.2 Å². The number of hydrogen-bond acceptors (Lipinski definition) is 20. The fourth-order valence-corrected chi connectivity index (χ4v) is 6.43. The Morgan fingerprint density at radius 2 is 1.30 bits per heavy atom. The van der Waals surface area contributed by atoms with Crippen LogP contribution in [-0.2, 0) is 14.3 Å². The lowest BCUT2D eigenvalue weighted by Gasteiger charge is -2.14. The first-order valence-electron chi connectivity index (χ1n) is 16.8. The molecule has 0 saturated heterocycles. The Hall–Kier alpha value is -5.88. The standard InChI is InChI=1S/C33H29BrN10O11S/c1-15-23-32-42-20(12-53-32)30-41-19(11-52-30)29-40-18(10-51-29)28-39-17(9-50-28)27-38-16(8-49-27)26(46)37-21(31-44-24(25(34)55-31)33(43-23)54-15)13-56-14-22(45)36-3-5-48-7-6-47-4-2-35/h8-12,21H,2-7,13-14,35H2,1H3,(H,36,45)(H,37,46)/t21-/m0/s1. The zero-order valence-electron chi connectivity index (χ0n) is 29.1. The Morgan fingerprint density at radius 3 is 1.93 bits per heavy atom. The lowest BCUT2D eigenvalue weighted by Crippen LogP contribution is -2.32. The third-order valence-electron chi connectivity index (χ3n) is 7.76. The molecule has 0 fully saturated rings. The molecule has 290 valence electrons. The summed E-state index contributed by atoms with van der Waals surface area (Å²) in [5, 5.41) is 5.66. The van der Waals surface area contributed by atoms with E-state index in [0.717, 1.165) is 0 Å². The number of rotatable bonds is 12. The second-order valence-corrected chi connectivity index (χ2v) is 13.4. The van der Waals surface area contributed by atoms with Crippen molar-refractivity contribution in [1.29, 1.82) is 0 Å². The van der Waals surface area contributed by atoms with E-state index < -0.39 is 11.9 Å². The third-order valence-corrected chi connectivity index (χ3v) is 9.33. The maximum Gasteiger partial charge on any atom is 0.273 e. The SMILES string of the molecule is Cc1oc2nc1-c1nc(co1)-c1nc(co1)-c1nc(co1)-c1nc(co1)-c1nc(co1)C(=O)N[C@@H](CSCC(=O)NCCOCCOCCN)c1nc-2c(Br)o1. The second kappa shape index (κ2) is 16.5. The molecule has 7 aromatic rings. The number of ether oxygens (including phenoxy) is 2. The summed E-state index contributed by atoms with van der Waals surface area (Å²) in [6, 6.07) is -0.872. The van der Waals surface area contributed by atoms with Crippen LogP contribution in [0.5, 0.6) is 0 Å². The normalized spacial score (nSPS) is 13.8. The zero-order chi connectivity index (χ0) is 38.6. The van der Waals surface area contributed by atoms with Crippen LogP contribution in [0.2, 0.25) is 0 Å². The lowest BCUT2D eigenvalue weighted by atomic mass is 10.3. The molecule has 0 spiro atoms. The third kappa shape index (κ3) is 8.06. The van der Waals surface area contributed by atoms with Gasteiger partial charge in [-0.2, -0.15) is 0 Å². The van der Waals surface area contributed by atoms with Crippen LogP contribution in [0.1, 0.15) is 28.2 Å². The lowest BCUT2D eigenvalue weighted by molar-refractivity contribution is -0.118. The van der Waals surface area contributed by atoms with Gasteiger partial charge in [-0.25, -0.2) is 34.9 Å². The van der Waals surface area contributed by atoms with Gasteiger partial charge in [0.1, 0.15) is 43.1 Å². The minimum atomic E-state index is -0.872. The number of aromatic nitrogens is 7. The molecule has 1 aliphatic heterocycles. The van der Waals surface area contributed by atoms with Crippen molar-refractivity contribution in [2.24, 2.45) is 5.73 Å². The van der Waals surface area contributed by atoms with Gasteiger partial charge in [0.25, 0.3) is 11.8 Å². The molecule has 2 amide bonds. The molecule has 56 heavy (non-hydrogen) atoms. The van der Waals surface area contributed by atoms with Crippen LogP contribution < -0.4 is 16.4 Å². The monoisotopic (exact) mass is 852 g/mol. The number of aryl methyl sites for hydroxylation is 1. The molecular weight excluding hydrogens is 824 g/mol. The summed E-state index contributed by atoms with van der Waals surface area (Å²) >= 11 is 4.64. The Morgan fingerprint density at radius 1 is 0.750 bits per heavy atom. The molecule has 0 unspecified atom stereocenters. The van der Waals surface area contributed by atoms with Crippen LogP contribution in [-0.4, -0.2) is 97.7 Å². The van der Waals surface area contributed by atoms with E-state index in [-0.39, 0.29) is 103 Å². The number of fused-ring (bicyclic) bond motifs is 20. The van der Waals surface area contributed by atoms with E-state index in [4.69, 9.17) is 46.1 Å². The van der Waals surface area contributed by atoms with Gasteiger partial charge in [0, 0.05) is 18.8 Å². The maximum atomic E-state index is 13.6. The minimum absolute atomic E-state index is 0.00216. The molecule has 0 radical (unpaired) electrons. The largest absolute Gasteiger partial charge is 0.442 e. The van der Waals surface area contributed by atoms with Crippen LogP contribution in [0, 0.1) is 6.92 Å². The van der Waals surface area contributed by atoms with Gasteiger partial charge in [-0.1, -0.05) is 0 Å². The summed E-state index contributed by atoms with van der Waals surface area (Å²) in [6.07, 6.45) is 6.50. The molecule has 21 nitrogen and oxygen atoms in total. The molecule has 0 aliphatic carbocycles. The molecule has 0 saturated carbocycles. The van der Waals surface area contributed by atoms with Crippen LogP contribution in [0.25, 0.3) is 69.5 Å². The van der Waals surface area contributed by atoms with Gasteiger partial charge < -0.3 is 56.8 Å². The number of oxazole rings is 7. The zero-order valence-corrected chi connectivity index (χ0v) is 31.5. The minimum Gasteiger partial charge on any atom is -0.442 e. The quantitative estimate of drug-likeness (QED) is 0.144. The molecule has 0 aromatic carbocycles. The number of carbonyl (C=O) groups excluding carboxylic acids is 2. The van der Waals surface area contributed by atoms with E-state index in [2.05, 4.69) is 61.5 Å². The van der Waals surface area contributed by atoms with Crippen LogP contribution in [0.3, 0.4) is 0 Å². The fraction of sp³-hybridized carbons (Fsp3) is 0.303. The highest BCUT2D eigenvalue weighted by Crippen LogP contribution is 2.36. The first-order valence-corrected chi connectivity index (χ1v) is 18.7. The summed E-state index contributed by atoms with van der Waals surface area (Å²) in [5.41, 5.74) is 6.78. The van der Waals surface area contributed by atoms with Crippen molar-refractivity contribution in [3.63, 3.8) is 0 Å². The molecule has 8 heterocycles. The molecule has 23 heteroatoms. The van der Waals surface area contributed by atoms with Crippen molar-refractivity contribution < 1.29 is 50.0 Å². The predicted molar refractivity (Wildman–Crippen MR) is 193 cm³/mol. The van der Waals surface area contributed by atoms with Crippen molar-refractivity contribution in [2.75, 3.05) is 51.0 Å².